The number of pyridine rings is 1. The summed E-state index contributed by atoms with van der Waals surface area (Å²) in [4.78, 5) is 11.7. The van der Waals surface area contributed by atoms with Gasteiger partial charge in [0.05, 0.1) is 0 Å². The minimum absolute atomic E-state index is 0.472. The fourth-order valence-electron chi connectivity index (χ4n) is 2.08. The fourth-order valence-corrected chi connectivity index (χ4v) is 2.08. The molecule has 0 radical (unpaired) electrons. The van der Waals surface area contributed by atoms with Crippen molar-refractivity contribution in [3.8, 4) is 11.1 Å². The van der Waals surface area contributed by atoms with Crippen molar-refractivity contribution < 1.29 is 9.53 Å². The number of rotatable bonds is 2. The molecule has 0 bridgehead atoms. The first-order valence-electron chi connectivity index (χ1n) is 7.19. The van der Waals surface area contributed by atoms with E-state index in [0.29, 0.717) is 11.3 Å². The number of nitrogens with one attached hydrogen (secondary N) is 1. The zero-order chi connectivity index (χ0) is 16.4. The second kappa shape index (κ2) is 5.68. The fraction of sp³-hybridized carbons (Fsp3) is 0.250. The second-order valence-corrected chi connectivity index (χ2v) is 6.10. The number of benzene rings is 1. The largest absolute Gasteiger partial charge is 0.444 e. The number of carbonyl (C=O) groups is 1. The van der Waals surface area contributed by atoms with Crippen LogP contribution in [0.3, 0.4) is 0 Å². The number of tetrazole rings is 1. The zero-order valence-corrected chi connectivity index (χ0v) is 13.1. The molecule has 0 unspecified atom stereocenters. The number of hydrogen-bond donors (Lipinski definition) is 1. The summed E-state index contributed by atoms with van der Waals surface area (Å²) in [5.41, 5.74) is 2.82. The van der Waals surface area contributed by atoms with Gasteiger partial charge in [0.15, 0.2) is 5.65 Å². The smallest absolute Gasteiger partial charge is 0.412 e. The highest BCUT2D eigenvalue weighted by Gasteiger charge is 2.16. The predicted octanol–water partition coefficient (Wildman–Crippen LogP) is 3.14. The normalized spacial score (nSPS) is 11.4. The summed E-state index contributed by atoms with van der Waals surface area (Å²) in [6.45, 7) is 5.47. The van der Waals surface area contributed by atoms with Gasteiger partial charge in [-0.05, 0) is 61.0 Å². The molecule has 2 aromatic heterocycles. The summed E-state index contributed by atoms with van der Waals surface area (Å²) in [5, 5.41) is 14.1. The third-order valence-electron chi connectivity index (χ3n) is 3.06. The van der Waals surface area contributed by atoms with Gasteiger partial charge in [-0.25, -0.2) is 9.31 Å². The number of fused-ring (bicyclic) bond motifs is 1. The van der Waals surface area contributed by atoms with Crippen LogP contribution in [0.5, 0.6) is 0 Å². The minimum atomic E-state index is -0.523. The van der Waals surface area contributed by atoms with Crippen molar-refractivity contribution in [1.82, 2.24) is 20.0 Å². The van der Waals surface area contributed by atoms with Crippen molar-refractivity contribution in [2.45, 2.75) is 26.4 Å². The molecule has 0 atom stereocenters. The summed E-state index contributed by atoms with van der Waals surface area (Å²) in [7, 11) is 0. The van der Waals surface area contributed by atoms with Crippen molar-refractivity contribution in [2.75, 3.05) is 5.32 Å². The van der Waals surface area contributed by atoms with E-state index >= 15 is 0 Å². The lowest BCUT2D eigenvalue weighted by Gasteiger charge is -2.19. The third kappa shape index (κ3) is 3.63. The molecule has 7 nitrogen and oxygen atoms in total. The van der Waals surface area contributed by atoms with Crippen LogP contribution in [-0.4, -0.2) is 31.7 Å². The summed E-state index contributed by atoms with van der Waals surface area (Å²) in [5.74, 6) is 0. The summed E-state index contributed by atoms with van der Waals surface area (Å²) >= 11 is 0. The van der Waals surface area contributed by atoms with Crippen molar-refractivity contribution in [2.24, 2.45) is 0 Å². The van der Waals surface area contributed by atoms with Gasteiger partial charge in [-0.1, -0.05) is 12.1 Å². The highest BCUT2D eigenvalue weighted by molar-refractivity contribution is 5.85. The van der Waals surface area contributed by atoms with Crippen LogP contribution in [0.4, 0.5) is 10.5 Å². The maximum atomic E-state index is 11.7. The van der Waals surface area contributed by atoms with E-state index in [0.717, 1.165) is 11.1 Å². The number of anilines is 1. The molecule has 2 heterocycles. The van der Waals surface area contributed by atoms with E-state index in [2.05, 4.69) is 20.8 Å². The molecule has 0 saturated heterocycles. The first kappa shape index (κ1) is 15.0. The van der Waals surface area contributed by atoms with Gasteiger partial charge in [-0.3, -0.25) is 5.32 Å². The first-order valence-corrected chi connectivity index (χ1v) is 7.19. The van der Waals surface area contributed by atoms with Gasteiger partial charge in [-0.15, -0.1) is 5.10 Å². The SMILES string of the molecule is CC(C)(C)OC(=O)Nc1ccc(-c2ccc3nnnn3c2)cc1. The summed E-state index contributed by atoms with van der Waals surface area (Å²) in [6.07, 6.45) is 1.38. The quantitative estimate of drug-likeness (QED) is 0.786. The van der Waals surface area contributed by atoms with Crippen LogP contribution < -0.4 is 5.32 Å². The van der Waals surface area contributed by atoms with Crippen LogP contribution in [0.2, 0.25) is 0 Å². The van der Waals surface area contributed by atoms with E-state index in [4.69, 9.17) is 4.74 Å². The first-order chi connectivity index (χ1) is 10.9. The average Bonchev–Trinajstić information content (AvgIpc) is 2.93. The van der Waals surface area contributed by atoms with Crippen LogP contribution in [-0.2, 0) is 4.74 Å². The molecule has 1 aromatic carbocycles. The second-order valence-electron chi connectivity index (χ2n) is 6.10. The zero-order valence-electron chi connectivity index (χ0n) is 13.1. The Morgan fingerprint density at radius 1 is 1.09 bits per heavy atom. The molecule has 0 aliphatic heterocycles. The number of amides is 1. The van der Waals surface area contributed by atoms with Crippen LogP contribution in [0.15, 0.2) is 42.6 Å². The molecule has 1 N–H and O–H groups in total. The molecule has 0 aliphatic rings. The molecule has 0 aliphatic carbocycles. The average molecular weight is 311 g/mol. The number of hydrogen-bond acceptors (Lipinski definition) is 5. The lowest BCUT2D eigenvalue weighted by Crippen LogP contribution is -2.27. The molecule has 23 heavy (non-hydrogen) atoms. The number of nitrogens with zero attached hydrogens (tertiary/aromatic N) is 4. The molecule has 1 amide bonds. The van der Waals surface area contributed by atoms with E-state index in [9.17, 15) is 4.79 Å². The molecular formula is C16H17N5O2. The molecule has 7 heteroatoms. The molecular weight excluding hydrogens is 294 g/mol. The monoisotopic (exact) mass is 311 g/mol. The maximum Gasteiger partial charge on any atom is 0.412 e. The number of ether oxygens (including phenoxy) is 1. The topological polar surface area (TPSA) is 81.4 Å². The lowest BCUT2D eigenvalue weighted by atomic mass is 10.1. The van der Waals surface area contributed by atoms with Gasteiger partial charge in [0, 0.05) is 17.4 Å². The van der Waals surface area contributed by atoms with Crippen LogP contribution in [0.1, 0.15) is 20.8 Å². The minimum Gasteiger partial charge on any atom is -0.444 e. The molecule has 0 fully saturated rings. The van der Waals surface area contributed by atoms with E-state index in [-0.39, 0.29) is 0 Å². The molecule has 3 aromatic rings. The highest BCUT2D eigenvalue weighted by Crippen LogP contribution is 2.22. The Hall–Kier alpha value is -2.96. The van der Waals surface area contributed by atoms with Crippen molar-refractivity contribution in [3.05, 3.63) is 42.6 Å². The van der Waals surface area contributed by atoms with Crippen molar-refractivity contribution in [1.29, 1.82) is 0 Å². The Bertz CT molecular complexity index is 834. The molecule has 0 spiro atoms. The molecule has 0 saturated carbocycles. The van der Waals surface area contributed by atoms with Gasteiger partial charge in [-0.2, -0.15) is 0 Å². The maximum absolute atomic E-state index is 11.7. The standard InChI is InChI=1S/C16H17N5O2/c1-16(2,3)23-15(22)17-13-7-4-11(5-8-13)12-6-9-14-18-19-20-21(14)10-12/h4-10H,1-3H3,(H,17,22). The van der Waals surface area contributed by atoms with E-state index < -0.39 is 11.7 Å². The number of carbonyl (C=O) groups excluding carboxylic acids is 1. The van der Waals surface area contributed by atoms with E-state index in [1.54, 1.807) is 4.52 Å². The van der Waals surface area contributed by atoms with Gasteiger partial charge >= 0.3 is 6.09 Å². The van der Waals surface area contributed by atoms with Crippen LogP contribution in [0, 0.1) is 0 Å². The Kier molecular flexibility index (Phi) is 3.69. The predicted molar refractivity (Wildman–Crippen MR) is 86.1 cm³/mol. The number of aromatic nitrogens is 4. The van der Waals surface area contributed by atoms with Crippen molar-refractivity contribution >= 4 is 17.4 Å². The Labute approximate surface area is 133 Å². The van der Waals surface area contributed by atoms with Crippen molar-refractivity contribution in [3.63, 3.8) is 0 Å². The van der Waals surface area contributed by atoms with Gasteiger partial charge in [0.25, 0.3) is 0 Å². The van der Waals surface area contributed by atoms with Gasteiger partial charge < -0.3 is 4.74 Å². The Morgan fingerprint density at radius 3 is 2.48 bits per heavy atom. The third-order valence-corrected chi connectivity index (χ3v) is 3.06. The summed E-state index contributed by atoms with van der Waals surface area (Å²) in [6, 6.07) is 11.3. The van der Waals surface area contributed by atoms with Gasteiger partial charge in [0.1, 0.15) is 5.60 Å². The van der Waals surface area contributed by atoms with E-state index in [1.807, 2.05) is 63.4 Å². The molecule has 3 rings (SSSR count). The van der Waals surface area contributed by atoms with Crippen LogP contribution >= 0.6 is 0 Å². The highest BCUT2D eigenvalue weighted by atomic mass is 16.6. The van der Waals surface area contributed by atoms with Crippen LogP contribution in [0.25, 0.3) is 16.8 Å². The summed E-state index contributed by atoms with van der Waals surface area (Å²) < 4.78 is 6.83. The Morgan fingerprint density at radius 2 is 1.78 bits per heavy atom. The van der Waals surface area contributed by atoms with E-state index in [1.165, 1.54) is 0 Å². The van der Waals surface area contributed by atoms with Gasteiger partial charge in [0.2, 0.25) is 0 Å². The molecule has 118 valence electrons. The lowest BCUT2D eigenvalue weighted by molar-refractivity contribution is 0.0636. The Balaban J connectivity index is 1.75.